The van der Waals surface area contributed by atoms with Gasteiger partial charge in [0.25, 0.3) is 0 Å². The van der Waals surface area contributed by atoms with Crippen molar-refractivity contribution >= 4 is 18.1 Å². The van der Waals surface area contributed by atoms with E-state index in [2.05, 4.69) is 21.6 Å². The van der Waals surface area contributed by atoms with Gasteiger partial charge in [-0.05, 0) is 49.8 Å². The van der Waals surface area contributed by atoms with Gasteiger partial charge in [-0.15, -0.1) is 0 Å². The van der Waals surface area contributed by atoms with Crippen molar-refractivity contribution in [2.45, 2.75) is 47.6 Å². The Kier molecular flexibility index (Phi) is 21.0. The summed E-state index contributed by atoms with van der Waals surface area (Å²) >= 11 is 0. The molecule has 10 heteroatoms. The number of nitrogens with zero attached hydrogens (tertiary/aromatic N) is 1. The van der Waals surface area contributed by atoms with E-state index >= 15 is 0 Å². The number of aliphatic hydroxyl groups is 1. The first-order chi connectivity index (χ1) is 20.2. The quantitative estimate of drug-likeness (QED) is 0.108. The highest BCUT2D eigenvalue weighted by atomic mass is 19.1. The molecule has 0 unspecified atom stereocenters. The molecule has 0 fully saturated rings. The number of carboxylic acid groups (broad SMARTS) is 1. The van der Waals surface area contributed by atoms with Crippen LogP contribution in [0, 0.1) is 5.82 Å². The average molecular weight is 587 g/mol. The topological polar surface area (TPSA) is 127 Å². The number of carboxylic acids is 1. The predicted octanol–water partition coefficient (Wildman–Crippen LogP) is 5.56. The second-order valence-electron chi connectivity index (χ2n) is 8.11. The number of benzene rings is 2. The van der Waals surface area contributed by atoms with Gasteiger partial charge in [-0.3, -0.25) is 9.79 Å². The lowest BCUT2D eigenvalue weighted by atomic mass is 10.0. The van der Waals surface area contributed by atoms with Gasteiger partial charge in [0.15, 0.2) is 0 Å². The lowest BCUT2D eigenvalue weighted by Crippen LogP contribution is -2.25. The number of halogens is 1. The molecule has 0 spiro atoms. The fraction of sp³-hybridized carbons (Fsp3) is 0.344. The second-order valence-corrected chi connectivity index (χ2v) is 8.11. The summed E-state index contributed by atoms with van der Waals surface area (Å²) in [6.45, 7) is 13.4. The van der Waals surface area contributed by atoms with E-state index < -0.39 is 11.7 Å². The van der Waals surface area contributed by atoms with Crippen molar-refractivity contribution in [1.82, 2.24) is 5.32 Å². The third-order valence-corrected chi connectivity index (χ3v) is 5.03. The Morgan fingerprint density at radius 2 is 1.71 bits per heavy atom. The number of aliphatic hydroxyl groups excluding tert-OH is 1. The minimum absolute atomic E-state index is 0.0782. The van der Waals surface area contributed by atoms with Crippen LogP contribution in [0.15, 0.2) is 95.1 Å². The van der Waals surface area contributed by atoms with Crippen molar-refractivity contribution < 1.29 is 38.4 Å². The van der Waals surface area contributed by atoms with Crippen molar-refractivity contribution in [3.05, 3.63) is 107 Å². The molecule has 2 rings (SSSR count). The first-order valence-corrected chi connectivity index (χ1v) is 13.5. The minimum Gasteiger partial charge on any atom is -0.492 e. The van der Waals surface area contributed by atoms with Crippen molar-refractivity contribution in [1.29, 1.82) is 0 Å². The Bertz CT molecular complexity index is 1160. The van der Waals surface area contributed by atoms with Crippen molar-refractivity contribution in [3.63, 3.8) is 0 Å². The van der Waals surface area contributed by atoms with Gasteiger partial charge in [0.05, 0.1) is 13.1 Å². The van der Waals surface area contributed by atoms with Crippen LogP contribution in [0.5, 0.6) is 0 Å². The van der Waals surface area contributed by atoms with Crippen LogP contribution in [0.2, 0.25) is 0 Å². The number of ether oxygens (including phenoxy) is 3. The Balaban J connectivity index is 0.00000216. The standard InChI is InChI=1S/C27H29FN2O5.C3H8O2.C2H6/c1-4-25(34-18-22-8-6-5-7-9-22)16-29-15-23(14-21-10-12-24(28)13-11-21)26(17-30-20(3)31)35-19(2)27(32)33;1-2-5-3-4;1-2/h4-13,15H,2,14,16-18H2,1,3H3,(H,30,31)(H,32,33);4H,2-3H2,1H3;1-2H3/b25-4-,26-23+,29-15?;;. The van der Waals surface area contributed by atoms with Gasteiger partial charge in [0.1, 0.15) is 30.7 Å². The summed E-state index contributed by atoms with van der Waals surface area (Å²) in [5.74, 6) is -1.74. The molecule has 1 amide bonds. The lowest BCUT2D eigenvalue weighted by Gasteiger charge is -2.15. The van der Waals surface area contributed by atoms with Gasteiger partial charge in [0.2, 0.25) is 11.7 Å². The van der Waals surface area contributed by atoms with Gasteiger partial charge >= 0.3 is 5.97 Å². The SMILES string of the molecule is C=C(O/C(CNC(C)=O)=C(/C=NC/C(=C/C)OCc1ccccc1)Cc1ccc(F)cc1)C(=O)O.CC.CCOCO. The van der Waals surface area contributed by atoms with Gasteiger partial charge in [-0.25, -0.2) is 9.18 Å². The number of nitrogens with one attached hydrogen (secondary N) is 1. The molecule has 230 valence electrons. The summed E-state index contributed by atoms with van der Waals surface area (Å²) in [7, 11) is 0. The highest BCUT2D eigenvalue weighted by Gasteiger charge is 2.15. The summed E-state index contributed by atoms with van der Waals surface area (Å²) in [5.41, 5.74) is 2.25. The van der Waals surface area contributed by atoms with E-state index in [1.807, 2.05) is 64.1 Å². The van der Waals surface area contributed by atoms with E-state index in [0.29, 0.717) is 24.5 Å². The molecule has 2 aromatic carbocycles. The van der Waals surface area contributed by atoms with Crippen LogP contribution < -0.4 is 5.32 Å². The third-order valence-electron chi connectivity index (χ3n) is 5.03. The Labute approximate surface area is 248 Å². The van der Waals surface area contributed by atoms with E-state index in [-0.39, 0.29) is 43.8 Å². The van der Waals surface area contributed by atoms with Crippen LogP contribution in [0.3, 0.4) is 0 Å². The summed E-state index contributed by atoms with van der Waals surface area (Å²) in [6.07, 6.45) is 3.59. The zero-order chi connectivity index (χ0) is 31.8. The van der Waals surface area contributed by atoms with Crippen LogP contribution >= 0.6 is 0 Å². The van der Waals surface area contributed by atoms with Crippen molar-refractivity contribution in [2.75, 3.05) is 26.5 Å². The zero-order valence-corrected chi connectivity index (χ0v) is 25.1. The molecule has 0 aliphatic carbocycles. The number of aliphatic imine (C=N–C) groups is 1. The van der Waals surface area contributed by atoms with Gasteiger partial charge < -0.3 is 29.7 Å². The molecule has 0 radical (unpaired) electrons. The number of hydrogen-bond acceptors (Lipinski definition) is 7. The zero-order valence-electron chi connectivity index (χ0n) is 25.1. The number of amides is 1. The molecule has 0 aromatic heterocycles. The number of allylic oxidation sites excluding steroid dienone is 2. The van der Waals surface area contributed by atoms with Crippen molar-refractivity contribution in [3.8, 4) is 0 Å². The monoisotopic (exact) mass is 586 g/mol. The molecule has 3 N–H and O–H groups in total. The van der Waals surface area contributed by atoms with Crippen LogP contribution in [0.25, 0.3) is 0 Å². The fourth-order valence-corrected chi connectivity index (χ4v) is 2.96. The molecule has 0 saturated heterocycles. The van der Waals surface area contributed by atoms with E-state index in [1.54, 1.807) is 12.1 Å². The highest BCUT2D eigenvalue weighted by Crippen LogP contribution is 2.16. The average Bonchev–Trinajstić information content (AvgIpc) is 2.99. The first-order valence-electron chi connectivity index (χ1n) is 13.5. The Hall–Kier alpha value is -4.28. The van der Waals surface area contributed by atoms with Crippen LogP contribution in [0.4, 0.5) is 4.39 Å². The summed E-state index contributed by atoms with van der Waals surface area (Å²) in [5, 5.41) is 19.7. The van der Waals surface area contributed by atoms with Gasteiger partial charge in [0, 0.05) is 31.7 Å². The molecule has 0 heterocycles. The smallest absolute Gasteiger partial charge is 0.371 e. The molecule has 0 aliphatic rings. The summed E-state index contributed by atoms with van der Waals surface area (Å²) < 4.78 is 29.1. The van der Waals surface area contributed by atoms with Gasteiger partial charge in [-0.2, -0.15) is 0 Å². The first kappa shape index (κ1) is 37.7. The normalized spacial score (nSPS) is 11.3. The number of carbonyl (C=O) groups excluding carboxylic acids is 1. The fourth-order valence-electron chi connectivity index (χ4n) is 2.96. The molecule has 0 bridgehead atoms. The maximum absolute atomic E-state index is 13.4. The molecule has 0 saturated carbocycles. The second kappa shape index (κ2) is 23.4. The maximum atomic E-state index is 13.4. The predicted molar refractivity (Wildman–Crippen MR) is 162 cm³/mol. The molecule has 0 atom stereocenters. The molecule has 2 aromatic rings. The molecular weight excluding hydrogens is 543 g/mol. The molecule has 0 aliphatic heterocycles. The Morgan fingerprint density at radius 3 is 2.21 bits per heavy atom. The van der Waals surface area contributed by atoms with Crippen molar-refractivity contribution in [2.24, 2.45) is 4.99 Å². The van der Waals surface area contributed by atoms with E-state index in [1.165, 1.54) is 25.3 Å². The number of aliphatic carboxylic acids is 1. The number of hydrogen-bond donors (Lipinski definition) is 3. The largest absolute Gasteiger partial charge is 0.492 e. The lowest BCUT2D eigenvalue weighted by molar-refractivity contribution is -0.135. The Morgan fingerprint density at radius 1 is 1.07 bits per heavy atom. The minimum atomic E-state index is -1.34. The number of rotatable bonds is 15. The molecular formula is C32H43FN2O7. The van der Waals surface area contributed by atoms with E-state index in [9.17, 15) is 19.1 Å². The number of carbonyl (C=O) groups is 2. The van der Waals surface area contributed by atoms with E-state index in [0.717, 1.165) is 11.1 Å². The van der Waals surface area contributed by atoms with Crippen LogP contribution in [-0.2, 0) is 36.8 Å². The van der Waals surface area contributed by atoms with Gasteiger partial charge in [-0.1, -0.05) is 56.3 Å². The molecule has 42 heavy (non-hydrogen) atoms. The summed E-state index contributed by atoms with van der Waals surface area (Å²) in [4.78, 5) is 27.2. The molecule has 9 nitrogen and oxygen atoms in total. The highest BCUT2D eigenvalue weighted by molar-refractivity contribution is 5.85. The van der Waals surface area contributed by atoms with E-state index in [4.69, 9.17) is 14.6 Å². The van der Waals surface area contributed by atoms with Crippen LogP contribution in [-0.4, -0.2) is 54.8 Å². The third kappa shape index (κ3) is 17.4. The maximum Gasteiger partial charge on any atom is 0.371 e. The van der Waals surface area contributed by atoms with Crippen LogP contribution in [0.1, 0.15) is 45.7 Å². The summed E-state index contributed by atoms with van der Waals surface area (Å²) in [6, 6.07) is 15.6.